The molecule has 0 radical (unpaired) electrons. The Kier molecular flexibility index (Phi) is 4.23. The first-order valence-electron chi connectivity index (χ1n) is 10.7. The highest BCUT2D eigenvalue weighted by Gasteiger charge is 2.41. The van der Waals surface area contributed by atoms with Crippen molar-refractivity contribution < 1.29 is 4.79 Å². The van der Waals surface area contributed by atoms with Crippen LogP contribution in [0.5, 0.6) is 0 Å². The summed E-state index contributed by atoms with van der Waals surface area (Å²) in [5.41, 5.74) is 5.63. The second-order valence-electron chi connectivity index (χ2n) is 9.07. The maximum absolute atomic E-state index is 13.8. The molecule has 5 rings (SSSR count). The van der Waals surface area contributed by atoms with E-state index < -0.39 is 0 Å². The van der Waals surface area contributed by atoms with Gasteiger partial charge >= 0.3 is 0 Å². The van der Waals surface area contributed by atoms with Gasteiger partial charge in [0.15, 0.2) is 0 Å². The lowest BCUT2D eigenvalue weighted by Gasteiger charge is -2.28. The number of piperidine rings is 1. The normalized spacial score (nSPS) is 20.9. The summed E-state index contributed by atoms with van der Waals surface area (Å²) >= 11 is 0. The van der Waals surface area contributed by atoms with E-state index in [0.29, 0.717) is 12.0 Å². The standard InChI is InChI=1S/C24H28N4O/c1-14(2)28-13-18(11-25-28)23-16(4)22(20-9-15(3)5-8-21(20)26-23)24(29)27-12-17-6-7-19(27)10-17/h5,8-9,11,13-14,17,19H,6-7,10,12H2,1-4H3/t17-,19-/m0/s1. The smallest absolute Gasteiger partial charge is 0.255 e. The fourth-order valence-corrected chi connectivity index (χ4v) is 5.09. The zero-order chi connectivity index (χ0) is 20.3. The Hall–Kier alpha value is -2.69. The van der Waals surface area contributed by atoms with Gasteiger partial charge in [0.1, 0.15) is 0 Å². The highest BCUT2D eigenvalue weighted by atomic mass is 16.2. The summed E-state index contributed by atoms with van der Waals surface area (Å²) in [5, 5.41) is 5.46. The Labute approximate surface area is 171 Å². The Morgan fingerprint density at radius 3 is 2.69 bits per heavy atom. The molecule has 150 valence electrons. The van der Waals surface area contributed by atoms with Crippen molar-refractivity contribution in [3.63, 3.8) is 0 Å². The molecule has 1 aromatic carbocycles. The van der Waals surface area contributed by atoms with E-state index in [1.807, 2.05) is 30.1 Å². The highest BCUT2D eigenvalue weighted by Crippen LogP contribution is 2.40. The Morgan fingerprint density at radius 2 is 2.03 bits per heavy atom. The number of likely N-dealkylation sites (tertiary alicyclic amines) is 1. The predicted octanol–water partition coefficient (Wildman–Crippen LogP) is 4.92. The number of benzene rings is 1. The van der Waals surface area contributed by atoms with Crippen molar-refractivity contribution in [2.75, 3.05) is 6.54 Å². The molecule has 1 aliphatic heterocycles. The lowest BCUT2D eigenvalue weighted by Crippen LogP contribution is -2.38. The summed E-state index contributed by atoms with van der Waals surface area (Å²) < 4.78 is 1.94. The topological polar surface area (TPSA) is 51.0 Å². The lowest BCUT2D eigenvalue weighted by atomic mass is 9.96. The fourth-order valence-electron chi connectivity index (χ4n) is 5.09. The fraction of sp³-hybridized carbons (Fsp3) is 0.458. The number of aryl methyl sites for hydroxylation is 1. The maximum Gasteiger partial charge on any atom is 0.255 e. The number of amides is 1. The van der Waals surface area contributed by atoms with Crippen LogP contribution in [0.15, 0.2) is 30.6 Å². The largest absolute Gasteiger partial charge is 0.335 e. The molecule has 2 aliphatic rings. The third-order valence-corrected chi connectivity index (χ3v) is 6.67. The second kappa shape index (κ2) is 6.68. The first kappa shape index (κ1) is 18.3. The summed E-state index contributed by atoms with van der Waals surface area (Å²) in [4.78, 5) is 20.8. The molecule has 0 N–H and O–H groups in total. The molecule has 0 unspecified atom stereocenters. The lowest BCUT2D eigenvalue weighted by molar-refractivity contribution is 0.0705. The third-order valence-electron chi connectivity index (χ3n) is 6.67. The zero-order valence-electron chi connectivity index (χ0n) is 17.6. The Balaban J connectivity index is 1.69. The number of nitrogens with zero attached hydrogens (tertiary/aromatic N) is 4. The van der Waals surface area contributed by atoms with Gasteiger partial charge in [-0.2, -0.15) is 5.10 Å². The van der Waals surface area contributed by atoms with E-state index in [9.17, 15) is 4.79 Å². The first-order valence-corrected chi connectivity index (χ1v) is 10.7. The molecule has 1 saturated heterocycles. The minimum atomic E-state index is 0.171. The van der Waals surface area contributed by atoms with Gasteiger partial charge in [0.25, 0.3) is 5.91 Å². The van der Waals surface area contributed by atoms with E-state index in [4.69, 9.17) is 4.98 Å². The van der Waals surface area contributed by atoms with Crippen LogP contribution in [0.4, 0.5) is 0 Å². The number of pyridine rings is 1. The molecule has 2 bridgehead atoms. The van der Waals surface area contributed by atoms with Gasteiger partial charge < -0.3 is 4.90 Å². The average Bonchev–Trinajstić information content (AvgIpc) is 3.44. The van der Waals surface area contributed by atoms with E-state index in [1.165, 1.54) is 12.8 Å². The molecule has 5 nitrogen and oxygen atoms in total. The van der Waals surface area contributed by atoms with Crippen molar-refractivity contribution in [2.24, 2.45) is 5.92 Å². The van der Waals surface area contributed by atoms with Gasteiger partial charge in [-0.3, -0.25) is 9.48 Å². The molecule has 3 heterocycles. The molecule has 5 heteroatoms. The molecule has 2 aromatic heterocycles. The third kappa shape index (κ3) is 2.95. The number of fused-ring (bicyclic) bond motifs is 3. The van der Waals surface area contributed by atoms with Crippen LogP contribution in [0.25, 0.3) is 22.2 Å². The van der Waals surface area contributed by atoms with Crippen molar-refractivity contribution in [3.05, 3.63) is 47.3 Å². The summed E-state index contributed by atoms with van der Waals surface area (Å²) in [6.45, 7) is 9.23. The molecular formula is C24H28N4O. The van der Waals surface area contributed by atoms with Gasteiger partial charge in [0, 0.05) is 35.8 Å². The van der Waals surface area contributed by atoms with Crippen molar-refractivity contribution in [1.29, 1.82) is 0 Å². The molecule has 2 fully saturated rings. The van der Waals surface area contributed by atoms with Crippen molar-refractivity contribution in [2.45, 2.75) is 59.0 Å². The molecule has 1 amide bonds. The summed E-state index contributed by atoms with van der Waals surface area (Å²) in [6, 6.07) is 6.91. The highest BCUT2D eigenvalue weighted by molar-refractivity contribution is 6.09. The molecule has 1 aliphatic carbocycles. The Bertz CT molecular complexity index is 1110. The van der Waals surface area contributed by atoms with E-state index in [-0.39, 0.29) is 11.9 Å². The number of carbonyl (C=O) groups is 1. The quantitative estimate of drug-likeness (QED) is 0.640. The van der Waals surface area contributed by atoms with Crippen LogP contribution in [0.2, 0.25) is 0 Å². The van der Waals surface area contributed by atoms with Crippen LogP contribution < -0.4 is 0 Å². The van der Waals surface area contributed by atoms with Gasteiger partial charge in [0.2, 0.25) is 0 Å². The van der Waals surface area contributed by atoms with Gasteiger partial charge in [-0.25, -0.2) is 4.98 Å². The first-order chi connectivity index (χ1) is 13.9. The molecular weight excluding hydrogens is 360 g/mol. The number of carbonyl (C=O) groups excluding carboxylic acids is 1. The zero-order valence-corrected chi connectivity index (χ0v) is 17.6. The minimum Gasteiger partial charge on any atom is -0.335 e. The van der Waals surface area contributed by atoms with Crippen LogP contribution in [0.3, 0.4) is 0 Å². The molecule has 3 aromatic rings. The minimum absolute atomic E-state index is 0.171. The van der Waals surface area contributed by atoms with Crippen molar-refractivity contribution >= 4 is 16.8 Å². The molecule has 0 spiro atoms. The van der Waals surface area contributed by atoms with E-state index >= 15 is 0 Å². The van der Waals surface area contributed by atoms with Crippen LogP contribution >= 0.6 is 0 Å². The van der Waals surface area contributed by atoms with E-state index in [0.717, 1.165) is 51.8 Å². The number of rotatable bonds is 3. The van der Waals surface area contributed by atoms with Crippen LogP contribution in [-0.2, 0) is 0 Å². The van der Waals surface area contributed by atoms with E-state index in [1.54, 1.807) is 0 Å². The Morgan fingerprint density at radius 1 is 1.21 bits per heavy atom. The van der Waals surface area contributed by atoms with Crippen LogP contribution in [0, 0.1) is 19.8 Å². The summed E-state index contributed by atoms with van der Waals surface area (Å²) in [5.74, 6) is 0.855. The van der Waals surface area contributed by atoms with Crippen molar-refractivity contribution in [1.82, 2.24) is 19.7 Å². The number of hydrogen-bond acceptors (Lipinski definition) is 3. The SMILES string of the molecule is Cc1ccc2nc(-c3cnn(C(C)C)c3)c(C)c(C(=O)N3C[C@H]4CC[C@H]3C4)c2c1. The van der Waals surface area contributed by atoms with Crippen LogP contribution in [0.1, 0.15) is 60.6 Å². The average molecular weight is 389 g/mol. The van der Waals surface area contributed by atoms with Gasteiger partial charge in [-0.1, -0.05) is 11.6 Å². The monoisotopic (exact) mass is 388 g/mol. The number of hydrogen-bond donors (Lipinski definition) is 0. The number of aromatic nitrogens is 3. The van der Waals surface area contributed by atoms with Crippen molar-refractivity contribution in [3.8, 4) is 11.3 Å². The maximum atomic E-state index is 13.8. The molecule has 2 atom stereocenters. The van der Waals surface area contributed by atoms with Gasteiger partial charge in [-0.05, 0) is 70.6 Å². The predicted molar refractivity (Wildman–Crippen MR) is 115 cm³/mol. The molecule has 29 heavy (non-hydrogen) atoms. The summed E-state index contributed by atoms with van der Waals surface area (Å²) in [7, 11) is 0. The molecule has 1 saturated carbocycles. The summed E-state index contributed by atoms with van der Waals surface area (Å²) in [6.07, 6.45) is 7.48. The second-order valence-corrected chi connectivity index (χ2v) is 9.07. The van der Waals surface area contributed by atoms with Gasteiger partial charge in [0.05, 0.1) is 23.0 Å². The van der Waals surface area contributed by atoms with Crippen LogP contribution in [-0.4, -0.2) is 38.2 Å². The van der Waals surface area contributed by atoms with Gasteiger partial charge in [-0.15, -0.1) is 0 Å². The van der Waals surface area contributed by atoms with E-state index in [2.05, 4.69) is 42.9 Å².